The largest absolute Gasteiger partial charge is 0.456 e. The van der Waals surface area contributed by atoms with Crippen molar-refractivity contribution < 1.29 is 4.42 Å². The van der Waals surface area contributed by atoms with Gasteiger partial charge in [-0.25, -0.2) is 0 Å². The van der Waals surface area contributed by atoms with Crippen LogP contribution >= 0.6 is 11.3 Å². The van der Waals surface area contributed by atoms with Crippen LogP contribution < -0.4 is 9.80 Å². The highest BCUT2D eigenvalue weighted by Gasteiger charge is 2.48. The van der Waals surface area contributed by atoms with Crippen molar-refractivity contribution in [2.24, 2.45) is 0 Å². The number of benzene rings is 18. The van der Waals surface area contributed by atoms with E-state index in [4.69, 9.17) is 4.42 Å². The van der Waals surface area contributed by atoms with Gasteiger partial charge in [-0.2, -0.15) is 0 Å². The Balaban J connectivity index is 0.000000143. The minimum atomic E-state index is -0.554. The van der Waals surface area contributed by atoms with Crippen LogP contribution in [0.25, 0.3) is 109 Å². The number of fused-ring (bicyclic) bond motifs is 12. The number of thiophene rings is 1. The second kappa shape index (κ2) is 28.5. The third kappa shape index (κ3) is 11.4. The van der Waals surface area contributed by atoms with Crippen LogP contribution in [0.3, 0.4) is 0 Å². The second-order valence-electron chi connectivity index (χ2n) is 29.7. The fourth-order valence-electron chi connectivity index (χ4n) is 18.4. The number of nitrogens with zero attached hydrogens (tertiary/aromatic N) is 2. The number of rotatable bonds is 14. The zero-order chi connectivity index (χ0) is 75.5. The summed E-state index contributed by atoms with van der Waals surface area (Å²) in [6, 6.07) is 163. The summed E-state index contributed by atoms with van der Waals surface area (Å²) in [7, 11) is 0. The van der Waals surface area contributed by atoms with Crippen LogP contribution in [0, 0.1) is 0 Å². The Kier molecular flexibility index (Phi) is 16.9. The molecule has 0 amide bonds. The molecule has 22 rings (SSSR count). The summed E-state index contributed by atoms with van der Waals surface area (Å²) in [6.07, 6.45) is 0. The van der Waals surface area contributed by atoms with Gasteiger partial charge in [0.25, 0.3) is 0 Å². The van der Waals surface area contributed by atoms with Gasteiger partial charge in [0.2, 0.25) is 0 Å². The number of hydrogen-bond acceptors (Lipinski definition) is 4. The van der Waals surface area contributed by atoms with E-state index in [1.165, 1.54) is 131 Å². The summed E-state index contributed by atoms with van der Waals surface area (Å²) in [4.78, 5) is 4.74. The lowest BCUT2D eigenvalue weighted by Gasteiger charge is -2.34. The van der Waals surface area contributed by atoms with E-state index in [2.05, 4.69) is 459 Å². The van der Waals surface area contributed by atoms with Crippen molar-refractivity contribution in [2.45, 2.75) is 10.8 Å². The Morgan fingerprint density at radius 2 is 0.544 bits per heavy atom. The highest BCUT2D eigenvalue weighted by Crippen LogP contribution is 2.59. The molecule has 2 aromatic heterocycles. The van der Waals surface area contributed by atoms with Crippen LogP contribution in [0.1, 0.15) is 44.5 Å². The molecule has 20 aromatic rings. The van der Waals surface area contributed by atoms with Gasteiger partial charge in [-0.05, 0) is 208 Å². The summed E-state index contributed by atoms with van der Waals surface area (Å²) in [5.41, 5.74) is 32.4. The molecule has 0 spiro atoms. The second-order valence-corrected chi connectivity index (χ2v) is 30.8. The summed E-state index contributed by atoms with van der Waals surface area (Å²) in [6.45, 7) is 0. The van der Waals surface area contributed by atoms with E-state index in [9.17, 15) is 0 Å². The number of furan rings is 1. The van der Waals surface area contributed by atoms with Gasteiger partial charge in [0.1, 0.15) is 11.2 Å². The molecular formula is C110H74N2OS. The van der Waals surface area contributed by atoms with E-state index in [-0.39, 0.29) is 0 Å². The zero-order valence-electron chi connectivity index (χ0n) is 62.4. The molecule has 0 fully saturated rings. The van der Waals surface area contributed by atoms with Gasteiger partial charge in [-0.15, -0.1) is 11.3 Å². The first kappa shape index (κ1) is 67.7. The molecule has 536 valence electrons. The van der Waals surface area contributed by atoms with Gasteiger partial charge in [-0.1, -0.05) is 352 Å². The number of para-hydroxylation sites is 1. The van der Waals surface area contributed by atoms with Gasteiger partial charge in [0.15, 0.2) is 0 Å². The SMILES string of the molecule is c1ccc(-c2ccc(N(c3ccc(-c4ccccc4)cc3)c3ccc4c(c3)sc3ccc(C5(c6ccccc6)c6ccccc6-c6ccccc65)cc34)cc2)cc1.c1ccc(-c2ccc(N(c3ccccc3)c3cccc4oc5ccc(C6(c7ccc(-c8ccccc8)cc7)c7ccccc7-c7ccccc76)cc5c34)cc2)cc1. The Hall–Kier alpha value is -14.4. The average Bonchev–Trinajstić information content (AvgIpc) is 1.54. The molecule has 0 unspecified atom stereocenters. The molecule has 2 aliphatic carbocycles. The summed E-state index contributed by atoms with van der Waals surface area (Å²) in [5.74, 6) is 0. The lowest BCUT2D eigenvalue weighted by molar-refractivity contribution is 0.668. The lowest BCUT2D eigenvalue weighted by atomic mass is 9.67. The summed E-state index contributed by atoms with van der Waals surface area (Å²) < 4.78 is 9.29. The normalized spacial score (nSPS) is 12.7. The van der Waals surface area contributed by atoms with Gasteiger partial charge < -0.3 is 14.2 Å². The maximum Gasteiger partial charge on any atom is 0.137 e. The monoisotopic (exact) mass is 1470 g/mol. The lowest BCUT2D eigenvalue weighted by Crippen LogP contribution is -2.28. The van der Waals surface area contributed by atoms with Crippen molar-refractivity contribution in [1.82, 2.24) is 0 Å². The molecule has 0 N–H and O–H groups in total. The third-order valence-electron chi connectivity index (χ3n) is 23.5. The minimum Gasteiger partial charge on any atom is -0.456 e. The predicted octanol–water partition coefficient (Wildman–Crippen LogP) is 30.0. The molecule has 2 aliphatic rings. The molecule has 114 heavy (non-hydrogen) atoms. The quantitative estimate of drug-likeness (QED) is 0.108. The smallest absolute Gasteiger partial charge is 0.137 e. The van der Waals surface area contributed by atoms with Crippen LogP contribution in [0.4, 0.5) is 34.1 Å². The van der Waals surface area contributed by atoms with Crippen molar-refractivity contribution in [3.8, 4) is 66.8 Å². The van der Waals surface area contributed by atoms with E-state index < -0.39 is 10.8 Å². The van der Waals surface area contributed by atoms with Gasteiger partial charge in [0.05, 0.1) is 21.9 Å². The molecule has 0 saturated carbocycles. The average molecular weight is 1470 g/mol. The molecule has 0 saturated heterocycles. The number of anilines is 6. The molecule has 18 aromatic carbocycles. The summed E-state index contributed by atoms with van der Waals surface area (Å²) in [5, 5.41) is 4.74. The van der Waals surface area contributed by atoms with Gasteiger partial charge >= 0.3 is 0 Å². The molecule has 4 heteroatoms. The first-order valence-corrected chi connectivity index (χ1v) is 40.0. The van der Waals surface area contributed by atoms with E-state index in [0.29, 0.717) is 0 Å². The highest BCUT2D eigenvalue weighted by molar-refractivity contribution is 7.25. The van der Waals surface area contributed by atoms with Crippen molar-refractivity contribution in [3.05, 3.63) is 493 Å². The third-order valence-corrected chi connectivity index (χ3v) is 24.7. The Bertz CT molecular complexity index is 6750. The molecule has 2 heterocycles. The predicted molar refractivity (Wildman–Crippen MR) is 479 cm³/mol. The summed E-state index contributed by atoms with van der Waals surface area (Å²) >= 11 is 1.87. The van der Waals surface area contributed by atoms with Crippen LogP contribution in [0.2, 0.25) is 0 Å². The van der Waals surface area contributed by atoms with Crippen molar-refractivity contribution in [2.75, 3.05) is 9.80 Å². The molecular weight excluding hydrogens is 1400 g/mol. The van der Waals surface area contributed by atoms with Crippen molar-refractivity contribution >= 4 is 87.6 Å². The van der Waals surface area contributed by atoms with E-state index in [1.54, 1.807) is 0 Å². The maximum absolute atomic E-state index is 6.73. The Morgan fingerprint density at radius 3 is 1.00 bits per heavy atom. The first-order valence-electron chi connectivity index (χ1n) is 39.2. The first-order chi connectivity index (χ1) is 56.5. The Labute approximate surface area is 668 Å². The highest BCUT2D eigenvalue weighted by atomic mass is 32.1. The Morgan fingerprint density at radius 1 is 0.202 bits per heavy atom. The minimum absolute atomic E-state index is 0.425. The van der Waals surface area contributed by atoms with Crippen LogP contribution in [-0.2, 0) is 10.8 Å². The molecule has 0 atom stereocenters. The van der Waals surface area contributed by atoms with E-state index >= 15 is 0 Å². The van der Waals surface area contributed by atoms with Crippen molar-refractivity contribution in [3.63, 3.8) is 0 Å². The topological polar surface area (TPSA) is 19.6 Å². The fourth-order valence-corrected chi connectivity index (χ4v) is 19.5. The van der Waals surface area contributed by atoms with Gasteiger partial charge in [-0.3, -0.25) is 0 Å². The fraction of sp³-hybridized carbons (Fsp3) is 0.0182. The molecule has 3 nitrogen and oxygen atoms in total. The van der Waals surface area contributed by atoms with E-state index in [1.807, 2.05) is 11.3 Å². The van der Waals surface area contributed by atoms with Crippen molar-refractivity contribution in [1.29, 1.82) is 0 Å². The zero-order valence-corrected chi connectivity index (χ0v) is 63.3. The molecule has 0 radical (unpaired) electrons. The standard InChI is InChI=1S/C55H37NO.C55H37NS/c1-4-15-38(16-5-1)40-27-31-42(32-28-40)55(49-23-12-10-21-46(49)47-22-11-13-24-50(47)55)43-33-36-52-48(37-43)54-51(25-14-26-53(54)57-52)56(44-19-8-3-9-20-44)45-34-29-41(30-35-45)39-17-6-2-7-18-39;1-4-14-38(15-5-1)40-24-29-44(30-25-40)56(45-31-26-41(27-32-45)39-16-6-2-7-17-39)46-33-34-49-50-36-43(28-35-53(50)57-54(49)37-46)55(42-18-8-3-9-19-42)51-22-12-10-20-47(51)48-21-11-13-23-52(48)55/h2*1-37H. The number of hydrogen-bond donors (Lipinski definition) is 0. The molecule has 0 bridgehead atoms. The van der Waals surface area contributed by atoms with Crippen LogP contribution in [-0.4, -0.2) is 0 Å². The van der Waals surface area contributed by atoms with E-state index in [0.717, 1.165) is 56.1 Å². The molecule has 0 aliphatic heterocycles. The van der Waals surface area contributed by atoms with Crippen LogP contribution in [0.15, 0.2) is 453 Å². The van der Waals surface area contributed by atoms with Gasteiger partial charge in [0, 0.05) is 54.0 Å². The maximum atomic E-state index is 6.73. The van der Waals surface area contributed by atoms with Crippen LogP contribution in [0.5, 0.6) is 0 Å².